The molecule has 1 aliphatic heterocycles. The molecular weight excluding hydrogens is 295 g/mol. The molecule has 20 heavy (non-hydrogen) atoms. The molecule has 0 spiro atoms. The zero-order valence-corrected chi connectivity index (χ0v) is 11.2. The molecule has 1 saturated heterocycles. The molecule has 2 unspecified atom stereocenters. The third-order valence-electron chi connectivity index (χ3n) is 3.28. The fourth-order valence-corrected chi connectivity index (χ4v) is 4.19. The van der Waals surface area contributed by atoms with Gasteiger partial charge in [-0.25, -0.2) is 8.42 Å². The van der Waals surface area contributed by atoms with Gasteiger partial charge < -0.3 is 10.5 Å². The van der Waals surface area contributed by atoms with Crippen molar-refractivity contribution in [2.24, 2.45) is 11.7 Å². The SMILES string of the molecule is NC(c1ccccc1OC(F)(F)F)C1CCS(=O)(=O)C1. The van der Waals surface area contributed by atoms with Crippen LogP contribution in [0.5, 0.6) is 5.75 Å². The van der Waals surface area contributed by atoms with E-state index < -0.39 is 28.2 Å². The fraction of sp³-hybridized carbons (Fsp3) is 0.500. The molecule has 8 heteroatoms. The van der Waals surface area contributed by atoms with Crippen LogP contribution in [-0.4, -0.2) is 26.3 Å². The summed E-state index contributed by atoms with van der Waals surface area (Å²) >= 11 is 0. The van der Waals surface area contributed by atoms with E-state index in [1.54, 1.807) is 6.07 Å². The molecule has 4 nitrogen and oxygen atoms in total. The van der Waals surface area contributed by atoms with Crippen molar-refractivity contribution >= 4 is 9.84 Å². The lowest BCUT2D eigenvalue weighted by molar-refractivity contribution is -0.275. The Morgan fingerprint density at radius 2 is 1.95 bits per heavy atom. The first-order valence-corrected chi connectivity index (χ1v) is 7.81. The Morgan fingerprint density at radius 1 is 1.30 bits per heavy atom. The van der Waals surface area contributed by atoms with Gasteiger partial charge in [0.25, 0.3) is 0 Å². The Morgan fingerprint density at radius 3 is 2.50 bits per heavy atom. The lowest BCUT2D eigenvalue weighted by atomic mass is 9.93. The smallest absolute Gasteiger partial charge is 0.405 e. The summed E-state index contributed by atoms with van der Waals surface area (Å²) in [7, 11) is -3.14. The summed E-state index contributed by atoms with van der Waals surface area (Å²) in [5, 5.41) is 0. The van der Waals surface area contributed by atoms with E-state index in [0.717, 1.165) is 0 Å². The number of halogens is 3. The monoisotopic (exact) mass is 309 g/mol. The number of nitrogens with two attached hydrogens (primary N) is 1. The number of hydrogen-bond acceptors (Lipinski definition) is 4. The number of rotatable bonds is 3. The molecule has 1 aromatic rings. The second kappa shape index (κ2) is 5.25. The predicted octanol–water partition coefficient (Wildman–Crippen LogP) is 2.02. The fourth-order valence-electron chi connectivity index (χ4n) is 2.33. The van der Waals surface area contributed by atoms with Crippen molar-refractivity contribution in [3.8, 4) is 5.75 Å². The van der Waals surface area contributed by atoms with Gasteiger partial charge in [-0.3, -0.25) is 0 Å². The average molecular weight is 309 g/mol. The summed E-state index contributed by atoms with van der Waals surface area (Å²) in [6.45, 7) is 0. The summed E-state index contributed by atoms with van der Waals surface area (Å²) < 4.78 is 63.8. The summed E-state index contributed by atoms with van der Waals surface area (Å²) in [6.07, 6.45) is -4.46. The highest BCUT2D eigenvalue weighted by atomic mass is 32.2. The van der Waals surface area contributed by atoms with Gasteiger partial charge in [0.15, 0.2) is 9.84 Å². The van der Waals surface area contributed by atoms with Crippen molar-refractivity contribution in [2.45, 2.75) is 18.8 Å². The van der Waals surface area contributed by atoms with Crippen LogP contribution in [-0.2, 0) is 9.84 Å². The van der Waals surface area contributed by atoms with Gasteiger partial charge in [-0.2, -0.15) is 0 Å². The molecule has 1 fully saturated rings. The predicted molar refractivity (Wildman–Crippen MR) is 66.8 cm³/mol. The number of alkyl halides is 3. The highest BCUT2D eigenvalue weighted by Crippen LogP contribution is 2.36. The molecule has 1 aromatic carbocycles. The van der Waals surface area contributed by atoms with Gasteiger partial charge in [0.05, 0.1) is 11.5 Å². The Kier molecular flexibility index (Phi) is 3.97. The van der Waals surface area contributed by atoms with Gasteiger partial charge in [0.2, 0.25) is 0 Å². The van der Waals surface area contributed by atoms with Crippen LogP contribution < -0.4 is 10.5 Å². The van der Waals surface area contributed by atoms with Crippen molar-refractivity contribution < 1.29 is 26.3 Å². The topological polar surface area (TPSA) is 69.4 Å². The molecule has 2 rings (SSSR count). The van der Waals surface area contributed by atoms with Crippen LogP contribution in [0.2, 0.25) is 0 Å². The lowest BCUT2D eigenvalue weighted by Crippen LogP contribution is -2.25. The third kappa shape index (κ3) is 3.63. The van der Waals surface area contributed by atoms with Gasteiger partial charge in [0, 0.05) is 11.6 Å². The standard InChI is InChI=1S/C12H14F3NO3S/c13-12(14,15)19-10-4-2-1-3-9(10)11(16)8-5-6-20(17,18)7-8/h1-4,8,11H,5-7,16H2. The van der Waals surface area contributed by atoms with Crippen LogP contribution >= 0.6 is 0 Å². The summed E-state index contributed by atoms with van der Waals surface area (Å²) in [5.41, 5.74) is 6.10. The van der Waals surface area contributed by atoms with E-state index in [9.17, 15) is 21.6 Å². The molecule has 0 radical (unpaired) electrons. The first kappa shape index (κ1) is 15.1. The largest absolute Gasteiger partial charge is 0.573 e. The second-order valence-electron chi connectivity index (χ2n) is 4.77. The number of hydrogen-bond donors (Lipinski definition) is 1. The molecule has 2 N–H and O–H groups in total. The molecule has 112 valence electrons. The first-order chi connectivity index (χ1) is 9.18. The zero-order chi connectivity index (χ0) is 15.0. The normalized spacial score (nSPS) is 23.5. The Bertz CT molecular complexity index is 586. The van der Waals surface area contributed by atoms with Crippen molar-refractivity contribution in [2.75, 3.05) is 11.5 Å². The molecule has 0 bridgehead atoms. The Hall–Kier alpha value is -1.28. The van der Waals surface area contributed by atoms with E-state index in [2.05, 4.69) is 4.74 Å². The highest BCUT2D eigenvalue weighted by molar-refractivity contribution is 7.91. The number of benzene rings is 1. The molecule has 1 aliphatic rings. The van der Waals surface area contributed by atoms with E-state index in [-0.39, 0.29) is 22.8 Å². The van der Waals surface area contributed by atoms with E-state index in [4.69, 9.17) is 5.73 Å². The lowest BCUT2D eigenvalue weighted by Gasteiger charge is -2.21. The van der Waals surface area contributed by atoms with Crippen LogP contribution in [0.3, 0.4) is 0 Å². The third-order valence-corrected chi connectivity index (χ3v) is 5.07. The molecule has 1 heterocycles. The molecule has 0 saturated carbocycles. The molecule has 0 aliphatic carbocycles. The van der Waals surface area contributed by atoms with Crippen LogP contribution in [0, 0.1) is 5.92 Å². The molecule has 0 aromatic heterocycles. The zero-order valence-electron chi connectivity index (χ0n) is 10.4. The summed E-state index contributed by atoms with van der Waals surface area (Å²) in [5.74, 6) is -0.850. The highest BCUT2D eigenvalue weighted by Gasteiger charge is 2.36. The van der Waals surface area contributed by atoms with Gasteiger partial charge >= 0.3 is 6.36 Å². The molecule has 0 amide bonds. The number of para-hydroxylation sites is 1. The maximum atomic E-state index is 12.3. The van der Waals surface area contributed by atoms with Crippen molar-refractivity contribution in [1.82, 2.24) is 0 Å². The van der Waals surface area contributed by atoms with Crippen LogP contribution in [0.1, 0.15) is 18.0 Å². The van der Waals surface area contributed by atoms with Crippen LogP contribution in [0.4, 0.5) is 13.2 Å². The minimum atomic E-state index is -4.81. The minimum absolute atomic E-state index is 0.0215. The van der Waals surface area contributed by atoms with Crippen molar-refractivity contribution in [1.29, 1.82) is 0 Å². The van der Waals surface area contributed by atoms with E-state index in [1.165, 1.54) is 18.2 Å². The van der Waals surface area contributed by atoms with E-state index in [1.807, 2.05) is 0 Å². The van der Waals surface area contributed by atoms with Crippen molar-refractivity contribution in [3.63, 3.8) is 0 Å². The Balaban J connectivity index is 2.24. The summed E-state index contributed by atoms with van der Waals surface area (Å²) in [6, 6.07) is 4.75. The maximum Gasteiger partial charge on any atom is 0.573 e. The van der Waals surface area contributed by atoms with Gasteiger partial charge in [-0.15, -0.1) is 13.2 Å². The van der Waals surface area contributed by atoms with Gasteiger partial charge in [-0.1, -0.05) is 18.2 Å². The Labute approximate surface area is 114 Å². The molecule has 2 atom stereocenters. The number of ether oxygens (including phenoxy) is 1. The van der Waals surface area contributed by atoms with Gasteiger partial charge in [-0.05, 0) is 18.4 Å². The average Bonchev–Trinajstić information content (AvgIpc) is 2.67. The quantitative estimate of drug-likeness (QED) is 0.927. The van der Waals surface area contributed by atoms with Crippen LogP contribution in [0.15, 0.2) is 24.3 Å². The summed E-state index contributed by atoms with van der Waals surface area (Å²) in [4.78, 5) is 0. The van der Waals surface area contributed by atoms with Crippen molar-refractivity contribution in [3.05, 3.63) is 29.8 Å². The van der Waals surface area contributed by atoms with Crippen LogP contribution in [0.25, 0.3) is 0 Å². The van der Waals surface area contributed by atoms with Gasteiger partial charge in [0.1, 0.15) is 5.75 Å². The minimum Gasteiger partial charge on any atom is -0.405 e. The molecular formula is C12H14F3NO3S. The van der Waals surface area contributed by atoms with E-state index >= 15 is 0 Å². The van der Waals surface area contributed by atoms with E-state index in [0.29, 0.717) is 6.42 Å². The first-order valence-electron chi connectivity index (χ1n) is 5.99. The second-order valence-corrected chi connectivity index (χ2v) is 7.00. The number of sulfone groups is 1. The maximum absolute atomic E-state index is 12.3.